The molecule has 2 N–H and O–H groups in total. The summed E-state index contributed by atoms with van der Waals surface area (Å²) in [5, 5.41) is 3.19. The molecule has 7 heteroatoms. The fourth-order valence-corrected chi connectivity index (χ4v) is 3.87. The Morgan fingerprint density at radius 2 is 2.21 bits per heavy atom. The van der Waals surface area contributed by atoms with Crippen LogP contribution in [0.4, 0.5) is 10.1 Å². The third-order valence-electron chi connectivity index (χ3n) is 3.03. The van der Waals surface area contributed by atoms with Gasteiger partial charge in [0.25, 0.3) is 0 Å². The van der Waals surface area contributed by atoms with Crippen molar-refractivity contribution >= 4 is 31.6 Å². The van der Waals surface area contributed by atoms with E-state index in [1.807, 2.05) is 0 Å². The average Bonchev–Trinajstić information content (AvgIpc) is 2.34. The average molecular weight is 351 g/mol. The monoisotopic (exact) mass is 350 g/mol. The van der Waals surface area contributed by atoms with Crippen molar-refractivity contribution in [3.05, 3.63) is 28.5 Å². The molecule has 0 spiro atoms. The van der Waals surface area contributed by atoms with Gasteiger partial charge in [-0.25, -0.2) is 12.8 Å². The van der Waals surface area contributed by atoms with E-state index in [2.05, 4.69) is 26.0 Å². The number of halogens is 2. The van der Waals surface area contributed by atoms with Crippen molar-refractivity contribution in [3.8, 4) is 0 Å². The SMILES string of the molecule is O=S(=O)(CC1CCCCN1)Nc1ccc(F)c(Br)c1. The molecule has 2 rings (SSSR count). The van der Waals surface area contributed by atoms with Crippen molar-refractivity contribution in [1.82, 2.24) is 5.32 Å². The lowest BCUT2D eigenvalue weighted by molar-refractivity contribution is 0.424. The first kappa shape index (κ1) is 14.7. The van der Waals surface area contributed by atoms with E-state index in [0.29, 0.717) is 5.69 Å². The van der Waals surface area contributed by atoms with Crippen molar-refractivity contribution in [3.63, 3.8) is 0 Å². The second kappa shape index (κ2) is 6.19. The van der Waals surface area contributed by atoms with Crippen molar-refractivity contribution in [2.24, 2.45) is 0 Å². The summed E-state index contributed by atoms with van der Waals surface area (Å²) in [5.74, 6) is -0.376. The standard InChI is InChI=1S/C12H16BrFN2O2S/c13-11-7-9(4-5-12(11)14)16-19(17,18)8-10-3-1-2-6-15-10/h4-5,7,10,15-16H,1-3,6,8H2. The summed E-state index contributed by atoms with van der Waals surface area (Å²) in [7, 11) is -3.42. The molecule has 1 fully saturated rings. The third-order valence-corrected chi connectivity index (χ3v) is 5.02. The molecule has 0 saturated carbocycles. The highest BCUT2D eigenvalue weighted by Gasteiger charge is 2.21. The largest absolute Gasteiger partial charge is 0.313 e. The lowest BCUT2D eigenvalue weighted by Crippen LogP contribution is -2.40. The molecular formula is C12H16BrFN2O2S. The Morgan fingerprint density at radius 3 is 2.84 bits per heavy atom. The molecule has 1 aliphatic rings. The number of nitrogens with one attached hydrogen (secondary N) is 2. The van der Waals surface area contributed by atoms with Crippen molar-refractivity contribution < 1.29 is 12.8 Å². The van der Waals surface area contributed by atoms with Gasteiger partial charge >= 0.3 is 0 Å². The molecule has 1 aliphatic heterocycles. The Hall–Kier alpha value is -0.660. The molecular weight excluding hydrogens is 335 g/mol. The van der Waals surface area contributed by atoms with Gasteiger partial charge in [0.15, 0.2) is 0 Å². The summed E-state index contributed by atoms with van der Waals surface area (Å²) < 4.78 is 39.8. The van der Waals surface area contributed by atoms with Crippen LogP contribution in [-0.2, 0) is 10.0 Å². The molecule has 0 aliphatic carbocycles. The van der Waals surface area contributed by atoms with Gasteiger partial charge in [-0.3, -0.25) is 4.72 Å². The molecule has 0 bridgehead atoms. The molecule has 0 amide bonds. The smallest absolute Gasteiger partial charge is 0.234 e. The first-order chi connectivity index (χ1) is 8.96. The number of sulfonamides is 1. The molecule has 0 aromatic heterocycles. The van der Waals surface area contributed by atoms with Gasteiger partial charge < -0.3 is 5.32 Å². The molecule has 1 aromatic rings. The molecule has 1 saturated heterocycles. The summed E-state index contributed by atoms with van der Waals surface area (Å²) in [6.07, 6.45) is 3.01. The van der Waals surface area contributed by atoms with Crippen LogP contribution in [0.1, 0.15) is 19.3 Å². The minimum absolute atomic E-state index is 0.00450. The van der Waals surface area contributed by atoms with Gasteiger partial charge in [0.1, 0.15) is 5.82 Å². The second-order valence-corrected chi connectivity index (χ2v) is 7.28. The molecule has 1 unspecified atom stereocenters. The van der Waals surface area contributed by atoms with Crippen LogP contribution in [0.5, 0.6) is 0 Å². The maximum atomic E-state index is 13.1. The fraction of sp³-hybridized carbons (Fsp3) is 0.500. The number of hydrogen-bond acceptors (Lipinski definition) is 3. The van der Waals surface area contributed by atoms with Crippen LogP contribution >= 0.6 is 15.9 Å². The van der Waals surface area contributed by atoms with Gasteiger partial charge in [-0.1, -0.05) is 6.42 Å². The van der Waals surface area contributed by atoms with Crippen molar-refractivity contribution in [1.29, 1.82) is 0 Å². The summed E-state index contributed by atoms with van der Waals surface area (Å²) in [4.78, 5) is 0. The molecule has 1 atom stereocenters. The van der Waals surface area contributed by atoms with E-state index in [0.717, 1.165) is 25.8 Å². The first-order valence-electron chi connectivity index (χ1n) is 6.15. The normalized spacial score (nSPS) is 20.2. The highest BCUT2D eigenvalue weighted by atomic mass is 79.9. The quantitative estimate of drug-likeness (QED) is 0.876. The molecule has 19 heavy (non-hydrogen) atoms. The van der Waals surface area contributed by atoms with Crippen molar-refractivity contribution in [2.45, 2.75) is 25.3 Å². The zero-order valence-corrected chi connectivity index (χ0v) is 12.7. The van der Waals surface area contributed by atoms with Gasteiger partial charge in [-0.2, -0.15) is 0 Å². The predicted octanol–water partition coefficient (Wildman–Crippen LogP) is 2.47. The summed E-state index contributed by atoms with van der Waals surface area (Å²) in [6, 6.07) is 4.05. The van der Waals surface area contributed by atoms with Crippen LogP contribution < -0.4 is 10.0 Å². The van der Waals surface area contributed by atoms with Crippen LogP contribution in [0.15, 0.2) is 22.7 Å². The Morgan fingerprint density at radius 1 is 1.42 bits per heavy atom. The first-order valence-corrected chi connectivity index (χ1v) is 8.60. The number of rotatable bonds is 4. The Balaban J connectivity index is 2.01. The molecule has 1 heterocycles. The van der Waals surface area contributed by atoms with Crippen LogP contribution in [-0.4, -0.2) is 26.8 Å². The van der Waals surface area contributed by atoms with E-state index >= 15 is 0 Å². The number of benzene rings is 1. The Bertz CT molecular complexity index is 545. The van der Waals surface area contributed by atoms with E-state index in [1.54, 1.807) is 0 Å². The summed E-state index contributed by atoms with van der Waals surface area (Å²) in [6.45, 7) is 0.863. The highest BCUT2D eigenvalue weighted by molar-refractivity contribution is 9.10. The summed E-state index contributed by atoms with van der Waals surface area (Å²) >= 11 is 3.03. The lowest BCUT2D eigenvalue weighted by Gasteiger charge is -2.23. The summed E-state index contributed by atoms with van der Waals surface area (Å²) in [5.41, 5.74) is 0.365. The van der Waals surface area contributed by atoms with Crippen LogP contribution in [0.2, 0.25) is 0 Å². The van der Waals surface area contributed by atoms with Crippen LogP contribution in [0, 0.1) is 5.82 Å². The highest BCUT2D eigenvalue weighted by Crippen LogP contribution is 2.21. The topological polar surface area (TPSA) is 58.2 Å². The molecule has 1 aromatic carbocycles. The second-order valence-electron chi connectivity index (χ2n) is 4.66. The zero-order chi connectivity index (χ0) is 13.9. The van der Waals surface area contributed by atoms with Gasteiger partial charge in [0.2, 0.25) is 10.0 Å². The molecule has 4 nitrogen and oxygen atoms in total. The van der Waals surface area contributed by atoms with Gasteiger partial charge in [-0.15, -0.1) is 0 Å². The van der Waals surface area contributed by atoms with Gasteiger partial charge in [-0.05, 0) is 53.5 Å². The minimum Gasteiger partial charge on any atom is -0.313 e. The number of hydrogen-bond donors (Lipinski definition) is 2. The molecule has 106 valence electrons. The van der Waals surface area contributed by atoms with Gasteiger partial charge in [0, 0.05) is 11.7 Å². The predicted molar refractivity (Wildman–Crippen MR) is 77.2 cm³/mol. The maximum Gasteiger partial charge on any atom is 0.234 e. The van der Waals surface area contributed by atoms with Crippen LogP contribution in [0.25, 0.3) is 0 Å². The fourth-order valence-electron chi connectivity index (χ4n) is 2.11. The Kier molecular flexibility index (Phi) is 4.81. The number of anilines is 1. The number of piperidine rings is 1. The molecule has 0 radical (unpaired) electrons. The van der Waals surface area contributed by atoms with Gasteiger partial charge in [0.05, 0.1) is 10.2 Å². The van der Waals surface area contributed by atoms with E-state index in [4.69, 9.17) is 0 Å². The van der Waals surface area contributed by atoms with E-state index < -0.39 is 15.8 Å². The maximum absolute atomic E-state index is 13.1. The van der Waals surface area contributed by atoms with E-state index in [1.165, 1.54) is 18.2 Å². The third kappa shape index (κ3) is 4.43. The Labute approximate surface area is 121 Å². The van der Waals surface area contributed by atoms with E-state index in [9.17, 15) is 12.8 Å². The lowest BCUT2D eigenvalue weighted by atomic mass is 10.1. The zero-order valence-electron chi connectivity index (χ0n) is 10.3. The van der Waals surface area contributed by atoms with Crippen LogP contribution in [0.3, 0.4) is 0 Å². The van der Waals surface area contributed by atoms with E-state index in [-0.39, 0.29) is 16.3 Å². The minimum atomic E-state index is -3.42. The van der Waals surface area contributed by atoms with Crippen molar-refractivity contribution in [2.75, 3.05) is 17.0 Å².